The van der Waals surface area contributed by atoms with Crippen LogP contribution in [0, 0.1) is 6.92 Å². The molecule has 0 spiro atoms. The second kappa shape index (κ2) is 4.51. The van der Waals surface area contributed by atoms with Crippen LogP contribution in [0.1, 0.15) is 11.4 Å². The number of nitrogens with two attached hydrogens (primary N) is 1. The summed E-state index contributed by atoms with van der Waals surface area (Å²) in [6.45, 7) is 2.61. The van der Waals surface area contributed by atoms with Crippen LogP contribution < -0.4 is 5.73 Å². The zero-order valence-electron chi connectivity index (χ0n) is 8.60. The summed E-state index contributed by atoms with van der Waals surface area (Å²) in [4.78, 5) is 10.0. The Morgan fingerprint density at radius 1 is 1.40 bits per heavy atom. The van der Waals surface area contributed by atoms with Crippen LogP contribution in [0.4, 0.5) is 0 Å². The van der Waals surface area contributed by atoms with E-state index >= 15 is 0 Å². The summed E-state index contributed by atoms with van der Waals surface area (Å²) < 4.78 is 0. The lowest BCUT2D eigenvalue weighted by Gasteiger charge is -2.03. The van der Waals surface area contributed by atoms with E-state index in [0.29, 0.717) is 6.54 Å². The highest BCUT2D eigenvalue weighted by molar-refractivity contribution is 7.13. The molecule has 0 aromatic carbocycles. The van der Waals surface area contributed by atoms with Crippen LogP contribution >= 0.6 is 11.3 Å². The molecule has 2 heterocycles. The van der Waals surface area contributed by atoms with Crippen molar-refractivity contribution in [3.63, 3.8) is 0 Å². The average Bonchev–Trinajstić information content (AvgIpc) is 2.70. The van der Waals surface area contributed by atoms with E-state index < -0.39 is 0 Å². The van der Waals surface area contributed by atoms with Crippen LogP contribution in [0.2, 0.25) is 0 Å². The molecule has 0 fully saturated rings. The monoisotopic (exact) mass is 219 g/mol. The van der Waals surface area contributed by atoms with Crippen molar-refractivity contribution in [3.05, 3.63) is 35.0 Å². The molecule has 78 valence electrons. The minimum atomic E-state index is 0.625. The summed E-state index contributed by atoms with van der Waals surface area (Å²) in [6, 6.07) is 6.03. The fraction of sp³-hybridized carbons (Fsp3) is 0.273. The fourth-order valence-electron chi connectivity index (χ4n) is 1.43. The molecule has 2 aromatic rings. The standard InChI is InChI=1S/C11H13N3S/c1-8-7-9(4-5-12)14-11(13-8)10-3-2-6-15-10/h2-3,6-7H,4-5,12H2,1H3. The summed E-state index contributed by atoms with van der Waals surface area (Å²) in [5.41, 5.74) is 7.54. The maximum absolute atomic E-state index is 5.52. The van der Waals surface area contributed by atoms with Gasteiger partial charge in [-0.05, 0) is 31.0 Å². The molecular formula is C11H13N3S. The molecule has 0 aliphatic carbocycles. The number of hydrogen-bond donors (Lipinski definition) is 1. The van der Waals surface area contributed by atoms with Crippen molar-refractivity contribution < 1.29 is 0 Å². The van der Waals surface area contributed by atoms with Crippen molar-refractivity contribution in [1.29, 1.82) is 0 Å². The summed E-state index contributed by atoms with van der Waals surface area (Å²) in [5, 5.41) is 2.03. The summed E-state index contributed by atoms with van der Waals surface area (Å²) in [5.74, 6) is 0.813. The van der Waals surface area contributed by atoms with E-state index in [1.165, 1.54) is 0 Å². The van der Waals surface area contributed by atoms with E-state index in [2.05, 4.69) is 9.97 Å². The SMILES string of the molecule is Cc1cc(CCN)nc(-c2cccs2)n1. The van der Waals surface area contributed by atoms with Gasteiger partial charge >= 0.3 is 0 Å². The van der Waals surface area contributed by atoms with Gasteiger partial charge in [0.05, 0.1) is 4.88 Å². The highest BCUT2D eigenvalue weighted by Gasteiger charge is 2.05. The van der Waals surface area contributed by atoms with Gasteiger partial charge in [-0.2, -0.15) is 0 Å². The first-order valence-electron chi connectivity index (χ1n) is 4.88. The van der Waals surface area contributed by atoms with Crippen LogP contribution in [0.25, 0.3) is 10.7 Å². The van der Waals surface area contributed by atoms with Crippen LogP contribution in [-0.2, 0) is 6.42 Å². The number of nitrogens with zero attached hydrogens (tertiary/aromatic N) is 2. The van der Waals surface area contributed by atoms with E-state index in [1.807, 2.05) is 30.5 Å². The van der Waals surface area contributed by atoms with Crippen LogP contribution in [0.5, 0.6) is 0 Å². The third-order valence-electron chi connectivity index (χ3n) is 2.05. The number of thiophene rings is 1. The van der Waals surface area contributed by atoms with Gasteiger partial charge in [0, 0.05) is 17.8 Å². The molecule has 0 saturated carbocycles. The Labute approximate surface area is 93.0 Å². The zero-order valence-corrected chi connectivity index (χ0v) is 9.42. The van der Waals surface area contributed by atoms with Gasteiger partial charge in [-0.1, -0.05) is 6.07 Å². The fourth-order valence-corrected chi connectivity index (χ4v) is 2.08. The van der Waals surface area contributed by atoms with Crippen LogP contribution in [-0.4, -0.2) is 16.5 Å². The number of aryl methyl sites for hydroxylation is 1. The molecule has 0 radical (unpaired) electrons. The Balaban J connectivity index is 2.40. The summed E-state index contributed by atoms with van der Waals surface area (Å²) in [6.07, 6.45) is 0.807. The second-order valence-corrected chi connectivity index (χ2v) is 4.29. The van der Waals surface area contributed by atoms with Gasteiger partial charge in [-0.15, -0.1) is 11.3 Å². The van der Waals surface area contributed by atoms with Crippen LogP contribution in [0.3, 0.4) is 0 Å². The summed E-state index contributed by atoms with van der Waals surface area (Å²) in [7, 11) is 0. The minimum absolute atomic E-state index is 0.625. The number of rotatable bonds is 3. The first-order valence-corrected chi connectivity index (χ1v) is 5.76. The van der Waals surface area contributed by atoms with E-state index in [9.17, 15) is 0 Å². The van der Waals surface area contributed by atoms with Crippen LogP contribution in [0.15, 0.2) is 23.6 Å². The molecule has 3 nitrogen and oxygen atoms in total. The van der Waals surface area contributed by atoms with E-state index in [4.69, 9.17) is 5.73 Å². The molecular weight excluding hydrogens is 206 g/mol. The third-order valence-corrected chi connectivity index (χ3v) is 2.92. The molecule has 0 amide bonds. The normalized spacial score (nSPS) is 10.5. The highest BCUT2D eigenvalue weighted by Crippen LogP contribution is 2.21. The average molecular weight is 219 g/mol. The lowest BCUT2D eigenvalue weighted by atomic mass is 10.2. The van der Waals surface area contributed by atoms with Crippen molar-refractivity contribution in [3.8, 4) is 10.7 Å². The Hall–Kier alpha value is -1.26. The van der Waals surface area contributed by atoms with Crippen molar-refractivity contribution in [2.45, 2.75) is 13.3 Å². The predicted octanol–water partition coefficient (Wildman–Crippen LogP) is 2.01. The van der Waals surface area contributed by atoms with Crippen molar-refractivity contribution >= 4 is 11.3 Å². The molecule has 0 atom stereocenters. The first kappa shape index (κ1) is 10.3. The quantitative estimate of drug-likeness (QED) is 0.859. The third kappa shape index (κ3) is 2.40. The Bertz CT molecular complexity index is 437. The van der Waals surface area contributed by atoms with Gasteiger partial charge in [-0.25, -0.2) is 9.97 Å². The maximum atomic E-state index is 5.52. The predicted molar refractivity (Wildman–Crippen MR) is 62.8 cm³/mol. The molecule has 2 rings (SSSR count). The van der Waals surface area contributed by atoms with Gasteiger partial charge in [0.2, 0.25) is 0 Å². The molecule has 2 aromatic heterocycles. The van der Waals surface area contributed by atoms with E-state index in [1.54, 1.807) is 11.3 Å². The van der Waals surface area contributed by atoms with Gasteiger partial charge in [0.1, 0.15) is 0 Å². The highest BCUT2D eigenvalue weighted by atomic mass is 32.1. The lowest BCUT2D eigenvalue weighted by molar-refractivity contribution is 0.906. The molecule has 15 heavy (non-hydrogen) atoms. The lowest BCUT2D eigenvalue weighted by Crippen LogP contribution is -2.06. The molecule has 2 N–H and O–H groups in total. The summed E-state index contributed by atoms with van der Waals surface area (Å²) >= 11 is 1.66. The zero-order chi connectivity index (χ0) is 10.7. The largest absolute Gasteiger partial charge is 0.330 e. The Morgan fingerprint density at radius 2 is 2.27 bits per heavy atom. The van der Waals surface area contributed by atoms with Gasteiger partial charge in [0.25, 0.3) is 0 Å². The molecule has 4 heteroatoms. The van der Waals surface area contributed by atoms with Crippen molar-refractivity contribution in [2.75, 3.05) is 6.54 Å². The smallest absolute Gasteiger partial charge is 0.169 e. The maximum Gasteiger partial charge on any atom is 0.169 e. The number of aromatic nitrogens is 2. The van der Waals surface area contributed by atoms with E-state index in [0.717, 1.165) is 28.5 Å². The van der Waals surface area contributed by atoms with Gasteiger partial charge in [-0.3, -0.25) is 0 Å². The molecule has 0 bridgehead atoms. The van der Waals surface area contributed by atoms with Crippen molar-refractivity contribution in [1.82, 2.24) is 9.97 Å². The van der Waals surface area contributed by atoms with Gasteiger partial charge < -0.3 is 5.73 Å². The topological polar surface area (TPSA) is 51.8 Å². The first-order chi connectivity index (χ1) is 7.29. The number of hydrogen-bond acceptors (Lipinski definition) is 4. The molecule has 0 saturated heterocycles. The molecule has 0 unspecified atom stereocenters. The van der Waals surface area contributed by atoms with Crippen molar-refractivity contribution in [2.24, 2.45) is 5.73 Å². The molecule has 0 aliphatic rings. The van der Waals surface area contributed by atoms with Gasteiger partial charge in [0.15, 0.2) is 5.82 Å². The van der Waals surface area contributed by atoms with E-state index in [-0.39, 0.29) is 0 Å². The Morgan fingerprint density at radius 3 is 2.93 bits per heavy atom. The minimum Gasteiger partial charge on any atom is -0.330 e. The molecule has 0 aliphatic heterocycles. The Kier molecular flexibility index (Phi) is 3.08. The second-order valence-electron chi connectivity index (χ2n) is 3.34.